The van der Waals surface area contributed by atoms with Crippen LogP contribution in [-0.4, -0.2) is 32.8 Å². The number of amides is 1. The largest absolute Gasteiger partial charge is 0.487 e. The predicted octanol–water partition coefficient (Wildman–Crippen LogP) is 3.95. The lowest BCUT2D eigenvalue weighted by Crippen LogP contribution is -2.38. The van der Waals surface area contributed by atoms with Crippen LogP contribution in [0.3, 0.4) is 0 Å². The Hall–Kier alpha value is -3.10. The minimum absolute atomic E-state index is 0.0397. The molecule has 1 N–H and O–H groups in total. The van der Waals surface area contributed by atoms with Crippen molar-refractivity contribution < 1.29 is 22.7 Å². The number of rotatable bonds is 4. The number of pyridine rings is 1. The molecule has 3 aromatic rings. The molecule has 158 valence electrons. The summed E-state index contributed by atoms with van der Waals surface area (Å²) >= 11 is 0. The fraction of sp³-hybridized carbons (Fsp3) is 0.381. The zero-order valence-corrected chi connectivity index (χ0v) is 16.7. The number of nitrogens with zero attached hydrogens (tertiary/aromatic N) is 3. The topological polar surface area (TPSA) is 69.0 Å². The van der Waals surface area contributed by atoms with E-state index in [-0.39, 0.29) is 17.4 Å². The van der Waals surface area contributed by atoms with Crippen molar-refractivity contribution in [3.63, 3.8) is 0 Å². The molecule has 30 heavy (non-hydrogen) atoms. The van der Waals surface area contributed by atoms with Crippen LogP contribution in [0.4, 0.5) is 13.2 Å². The van der Waals surface area contributed by atoms with E-state index in [0.29, 0.717) is 35.2 Å². The van der Waals surface area contributed by atoms with Crippen molar-refractivity contribution >= 4 is 16.8 Å². The number of carbonyl (C=O) groups excluding carboxylic acids is 1. The molecule has 2 aromatic heterocycles. The van der Waals surface area contributed by atoms with Gasteiger partial charge in [0, 0.05) is 49.3 Å². The normalized spacial score (nSPS) is 17.4. The maximum absolute atomic E-state index is 13.5. The highest BCUT2D eigenvalue weighted by molar-refractivity contribution is 5.90. The molecule has 0 bridgehead atoms. The van der Waals surface area contributed by atoms with Gasteiger partial charge in [-0.15, -0.1) is 0 Å². The molecule has 1 aliphatic heterocycles. The van der Waals surface area contributed by atoms with E-state index in [1.807, 2.05) is 19.9 Å². The lowest BCUT2D eigenvalue weighted by atomic mass is 9.89. The van der Waals surface area contributed by atoms with Gasteiger partial charge in [0.25, 0.3) is 0 Å². The first-order valence-corrected chi connectivity index (χ1v) is 9.50. The third-order valence-corrected chi connectivity index (χ3v) is 5.42. The maximum atomic E-state index is 13.5. The molecule has 9 heteroatoms. The summed E-state index contributed by atoms with van der Waals surface area (Å²) in [5, 5.41) is 7.08. The van der Waals surface area contributed by atoms with E-state index in [9.17, 15) is 18.0 Å². The Morgan fingerprint density at radius 1 is 1.27 bits per heavy atom. The highest BCUT2D eigenvalue weighted by atomic mass is 19.4. The number of carbonyl (C=O) groups is 1. The Kier molecular flexibility index (Phi) is 4.71. The van der Waals surface area contributed by atoms with Gasteiger partial charge in [0.1, 0.15) is 11.4 Å². The maximum Gasteiger partial charge on any atom is 0.435 e. The number of ether oxygens (including phenoxy) is 1. The van der Waals surface area contributed by atoms with Gasteiger partial charge >= 0.3 is 6.18 Å². The van der Waals surface area contributed by atoms with Crippen LogP contribution in [0, 0.1) is 5.92 Å². The third kappa shape index (κ3) is 3.71. The minimum atomic E-state index is -4.59. The van der Waals surface area contributed by atoms with E-state index < -0.39 is 17.5 Å². The number of aryl methyl sites for hydroxylation is 1. The van der Waals surface area contributed by atoms with Crippen LogP contribution in [0.5, 0.6) is 5.75 Å². The second kappa shape index (κ2) is 7.00. The zero-order chi connectivity index (χ0) is 21.7. The second-order valence-corrected chi connectivity index (χ2v) is 8.02. The molecule has 1 atom stereocenters. The fourth-order valence-corrected chi connectivity index (χ4v) is 3.76. The molecule has 0 aliphatic carbocycles. The van der Waals surface area contributed by atoms with Gasteiger partial charge in [-0.25, -0.2) is 0 Å². The zero-order valence-electron chi connectivity index (χ0n) is 16.7. The lowest BCUT2D eigenvalue weighted by molar-refractivity contribution is -0.141. The quantitative estimate of drug-likeness (QED) is 0.697. The monoisotopic (exact) mass is 418 g/mol. The number of alkyl halides is 3. The van der Waals surface area contributed by atoms with Gasteiger partial charge in [-0.05, 0) is 43.7 Å². The Morgan fingerprint density at radius 3 is 2.70 bits per heavy atom. The van der Waals surface area contributed by atoms with Crippen molar-refractivity contribution in [2.75, 3.05) is 6.54 Å². The smallest absolute Gasteiger partial charge is 0.435 e. The number of halogens is 3. The van der Waals surface area contributed by atoms with E-state index in [1.54, 1.807) is 24.4 Å². The summed E-state index contributed by atoms with van der Waals surface area (Å²) in [5.41, 5.74) is -0.900. The predicted molar refractivity (Wildman–Crippen MR) is 105 cm³/mol. The molecule has 1 saturated heterocycles. The lowest BCUT2D eigenvalue weighted by Gasteiger charge is -2.32. The first-order valence-electron chi connectivity index (χ1n) is 9.50. The molecule has 0 spiro atoms. The van der Waals surface area contributed by atoms with Crippen molar-refractivity contribution in [3.05, 3.63) is 42.4 Å². The van der Waals surface area contributed by atoms with Gasteiger partial charge in [0.2, 0.25) is 5.91 Å². The van der Waals surface area contributed by atoms with Gasteiger partial charge in [-0.3, -0.25) is 14.5 Å². The SMILES string of the molecule is Cn1cc(-c2cc(OC(C)(C)[C@H]3CNC(=O)C3)c3cccnc3c2)c(C(F)(F)F)n1. The molecule has 3 heterocycles. The fourth-order valence-electron chi connectivity index (χ4n) is 3.76. The molecule has 1 amide bonds. The van der Waals surface area contributed by atoms with Gasteiger partial charge in [-0.2, -0.15) is 18.3 Å². The van der Waals surface area contributed by atoms with Gasteiger partial charge in [-0.1, -0.05) is 0 Å². The van der Waals surface area contributed by atoms with Crippen LogP contribution in [0.15, 0.2) is 36.7 Å². The van der Waals surface area contributed by atoms with Crippen molar-refractivity contribution in [2.45, 2.75) is 32.0 Å². The first kappa shape index (κ1) is 20.2. The Bertz CT molecular complexity index is 1120. The van der Waals surface area contributed by atoms with Gasteiger partial charge in [0.05, 0.1) is 5.52 Å². The molecule has 1 fully saturated rings. The van der Waals surface area contributed by atoms with Gasteiger partial charge < -0.3 is 10.1 Å². The number of hydrogen-bond acceptors (Lipinski definition) is 4. The molecule has 1 aliphatic rings. The summed E-state index contributed by atoms with van der Waals surface area (Å²) in [6.07, 6.45) is -1.34. The highest BCUT2D eigenvalue weighted by Gasteiger charge is 2.39. The van der Waals surface area contributed by atoms with E-state index >= 15 is 0 Å². The second-order valence-electron chi connectivity index (χ2n) is 8.02. The number of aromatic nitrogens is 3. The summed E-state index contributed by atoms with van der Waals surface area (Å²) in [7, 11) is 1.45. The van der Waals surface area contributed by atoms with E-state index in [1.165, 1.54) is 13.2 Å². The van der Waals surface area contributed by atoms with Crippen LogP contribution in [0.25, 0.3) is 22.0 Å². The van der Waals surface area contributed by atoms with Crippen LogP contribution < -0.4 is 10.1 Å². The summed E-state index contributed by atoms with van der Waals surface area (Å²) in [4.78, 5) is 16.0. The molecule has 0 unspecified atom stereocenters. The third-order valence-electron chi connectivity index (χ3n) is 5.42. The van der Waals surface area contributed by atoms with Crippen molar-refractivity contribution in [1.82, 2.24) is 20.1 Å². The molecular weight excluding hydrogens is 397 g/mol. The van der Waals surface area contributed by atoms with Crippen molar-refractivity contribution in [1.29, 1.82) is 0 Å². The van der Waals surface area contributed by atoms with Crippen LogP contribution >= 0.6 is 0 Å². The highest BCUT2D eigenvalue weighted by Crippen LogP contribution is 2.40. The average molecular weight is 418 g/mol. The van der Waals surface area contributed by atoms with E-state index in [2.05, 4.69) is 15.4 Å². The van der Waals surface area contributed by atoms with Crippen LogP contribution in [-0.2, 0) is 18.0 Å². The molecule has 1 aromatic carbocycles. The summed E-state index contributed by atoms with van der Waals surface area (Å²) < 4.78 is 48.0. The van der Waals surface area contributed by atoms with Crippen LogP contribution in [0.2, 0.25) is 0 Å². The number of hydrogen-bond donors (Lipinski definition) is 1. The minimum Gasteiger partial charge on any atom is -0.487 e. The molecule has 0 saturated carbocycles. The molecule has 0 radical (unpaired) electrons. The Morgan fingerprint density at radius 2 is 2.03 bits per heavy atom. The standard InChI is InChI=1S/C21H21F3N4O2/c1-20(2,13-9-18(29)26-10-13)30-17-8-12(7-16-14(17)5-4-6-25-16)15-11-28(3)27-19(15)21(22,23)24/h4-8,11,13H,9-10H2,1-3H3,(H,26,29)/t13-/m1/s1. The number of nitrogens with one attached hydrogen (secondary N) is 1. The number of fused-ring (bicyclic) bond motifs is 1. The first-order chi connectivity index (χ1) is 14.0. The Labute approximate surface area is 171 Å². The average Bonchev–Trinajstić information content (AvgIpc) is 3.27. The Balaban J connectivity index is 1.83. The van der Waals surface area contributed by atoms with Gasteiger partial charge in [0.15, 0.2) is 5.69 Å². The van der Waals surface area contributed by atoms with Crippen LogP contribution in [0.1, 0.15) is 26.0 Å². The van der Waals surface area contributed by atoms with E-state index in [4.69, 9.17) is 4.74 Å². The molecular formula is C21H21F3N4O2. The molecule has 4 rings (SSSR count). The number of benzene rings is 1. The van der Waals surface area contributed by atoms with E-state index in [0.717, 1.165) is 4.68 Å². The van der Waals surface area contributed by atoms with Crippen molar-refractivity contribution in [2.24, 2.45) is 13.0 Å². The van der Waals surface area contributed by atoms with Crippen molar-refractivity contribution in [3.8, 4) is 16.9 Å². The molecule has 6 nitrogen and oxygen atoms in total. The summed E-state index contributed by atoms with van der Waals surface area (Å²) in [5.74, 6) is 0.309. The summed E-state index contributed by atoms with van der Waals surface area (Å²) in [6.45, 7) is 4.23. The summed E-state index contributed by atoms with van der Waals surface area (Å²) in [6, 6.07) is 6.74.